The topological polar surface area (TPSA) is 46.2 Å². The molecule has 1 aromatic carbocycles. The summed E-state index contributed by atoms with van der Waals surface area (Å²) in [6.45, 7) is 0. The normalized spacial score (nSPS) is 10.0. The van der Waals surface area contributed by atoms with Gasteiger partial charge in [-0.25, -0.2) is 0 Å². The molecule has 0 unspecified atom stereocenters. The first-order valence-corrected chi connectivity index (χ1v) is 4.57. The Morgan fingerprint density at radius 2 is 2.18 bits per heavy atom. The lowest BCUT2D eigenvalue weighted by molar-refractivity contribution is 0.476. The van der Waals surface area contributed by atoms with Gasteiger partial charge in [-0.05, 0) is 18.4 Å². The van der Waals surface area contributed by atoms with Crippen molar-refractivity contribution >= 4 is 29.1 Å². The number of halogens is 1. The number of phenolic OH excluding ortho intramolecular Hbond substituents is 1. The predicted molar refractivity (Wildman–Crippen MR) is 49.3 cm³/mol. The van der Waals surface area contributed by atoms with Gasteiger partial charge in [-0.2, -0.15) is 0 Å². The lowest BCUT2D eigenvalue weighted by atomic mass is 10.3. The highest BCUT2D eigenvalue weighted by atomic mass is 35.5. The zero-order chi connectivity index (χ0) is 8.43. The zero-order valence-corrected chi connectivity index (χ0v) is 7.54. The summed E-state index contributed by atoms with van der Waals surface area (Å²) in [7, 11) is 0. The Morgan fingerprint density at radius 3 is 2.73 bits per heavy atom. The molecule has 11 heavy (non-hydrogen) atoms. The third-order valence-corrected chi connectivity index (χ3v) is 2.50. The van der Waals surface area contributed by atoms with E-state index in [1.807, 2.05) is 6.26 Å². The highest BCUT2D eigenvalue weighted by molar-refractivity contribution is 7.98. The van der Waals surface area contributed by atoms with Gasteiger partial charge in [0.25, 0.3) is 0 Å². The molecule has 0 fully saturated rings. The molecule has 1 rings (SSSR count). The summed E-state index contributed by atoms with van der Waals surface area (Å²) >= 11 is 7.26. The van der Waals surface area contributed by atoms with E-state index in [0.29, 0.717) is 10.7 Å². The van der Waals surface area contributed by atoms with E-state index in [4.69, 9.17) is 22.4 Å². The van der Waals surface area contributed by atoms with Gasteiger partial charge < -0.3 is 10.8 Å². The molecule has 0 spiro atoms. The molecule has 0 radical (unpaired) electrons. The monoisotopic (exact) mass is 189 g/mol. The van der Waals surface area contributed by atoms with Crippen molar-refractivity contribution in [2.75, 3.05) is 12.0 Å². The lowest BCUT2D eigenvalue weighted by Gasteiger charge is -2.03. The number of phenols is 1. The van der Waals surface area contributed by atoms with Gasteiger partial charge in [-0.3, -0.25) is 0 Å². The van der Waals surface area contributed by atoms with E-state index in [0.717, 1.165) is 4.90 Å². The third kappa shape index (κ3) is 1.73. The molecule has 0 atom stereocenters. The van der Waals surface area contributed by atoms with Crippen molar-refractivity contribution in [2.45, 2.75) is 4.90 Å². The number of aromatic hydroxyl groups is 1. The van der Waals surface area contributed by atoms with Crippen molar-refractivity contribution in [1.82, 2.24) is 0 Å². The molecule has 1 aromatic rings. The minimum absolute atomic E-state index is 0.0822. The Labute approximate surface area is 74.4 Å². The standard InChI is InChI=1S/C7H8ClNOS/c1-11-7-3-6(10)5(9)2-4(7)8/h2-3,10H,9H2,1H3. The van der Waals surface area contributed by atoms with Crippen LogP contribution in [-0.4, -0.2) is 11.4 Å². The van der Waals surface area contributed by atoms with Crippen LogP contribution in [0.3, 0.4) is 0 Å². The molecular formula is C7H8ClNOS. The van der Waals surface area contributed by atoms with Gasteiger partial charge in [0, 0.05) is 4.90 Å². The fourth-order valence-electron chi connectivity index (χ4n) is 0.714. The zero-order valence-electron chi connectivity index (χ0n) is 5.97. The molecule has 0 aliphatic rings. The van der Waals surface area contributed by atoms with Gasteiger partial charge in [0.15, 0.2) is 0 Å². The van der Waals surface area contributed by atoms with Crippen LogP contribution < -0.4 is 5.73 Å². The molecule has 3 N–H and O–H groups in total. The van der Waals surface area contributed by atoms with Crippen LogP contribution in [0, 0.1) is 0 Å². The van der Waals surface area contributed by atoms with Crippen molar-refractivity contribution in [3.63, 3.8) is 0 Å². The summed E-state index contributed by atoms with van der Waals surface area (Å²) < 4.78 is 0. The lowest BCUT2D eigenvalue weighted by Crippen LogP contribution is -1.86. The number of anilines is 1. The molecule has 0 amide bonds. The van der Waals surface area contributed by atoms with Gasteiger partial charge >= 0.3 is 0 Å². The van der Waals surface area contributed by atoms with Gasteiger partial charge in [0.2, 0.25) is 0 Å². The second-order valence-electron chi connectivity index (χ2n) is 2.05. The number of nitrogen functional groups attached to an aromatic ring is 1. The molecule has 0 bridgehead atoms. The second kappa shape index (κ2) is 3.24. The first-order chi connectivity index (χ1) is 5.15. The quantitative estimate of drug-likeness (QED) is 0.405. The molecule has 0 heterocycles. The van der Waals surface area contributed by atoms with Crippen molar-refractivity contribution < 1.29 is 5.11 Å². The molecule has 4 heteroatoms. The van der Waals surface area contributed by atoms with Crippen molar-refractivity contribution in [2.24, 2.45) is 0 Å². The van der Waals surface area contributed by atoms with Gasteiger partial charge in [-0.1, -0.05) is 11.6 Å². The first kappa shape index (κ1) is 8.56. The van der Waals surface area contributed by atoms with Crippen molar-refractivity contribution in [3.05, 3.63) is 17.2 Å². The van der Waals surface area contributed by atoms with Crippen LogP contribution in [0.15, 0.2) is 17.0 Å². The van der Waals surface area contributed by atoms with Crippen molar-refractivity contribution in [3.8, 4) is 5.75 Å². The number of thioether (sulfide) groups is 1. The van der Waals surface area contributed by atoms with Crippen LogP contribution in [-0.2, 0) is 0 Å². The Balaban J connectivity index is 3.21. The van der Waals surface area contributed by atoms with Crippen molar-refractivity contribution in [1.29, 1.82) is 0 Å². The van der Waals surface area contributed by atoms with E-state index in [2.05, 4.69) is 0 Å². The third-order valence-electron chi connectivity index (χ3n) is 1.30. The van der Waals surface area contributed by atoms with Crippen LogP contribution in [0.25, 0.3) is 0 Å². The average molecular weight is 190 g/mol. The van der Waals surface area contributed by atoms with Gasteiger partial charge in [-0.15, -0.1) is 11.8 Å². The van der Waals surface area contributed by atoms with Crippen LogP contribution in [0.2, 0.25) is 5.02 Å². The number of benzene rings is 1. The van der Waals surface area contributed by atoms with Crippen LogP contribution in [0.1, 0.15) is 0 Å². The van der Waals surface area contributed by atoms with Crippen LogP contribution in [0.4, 0.5) is 5.69 Å². The fourth-order valence-corrected chi connectivity index (χ4v) is 1.60. The van der Waals surface area contributed by atoms with Gasteiger partial charge in [0.1, 0.15) is 5.75 Å². The number of hydrogen-bond donors (Lipinski definition) is 2. The number of hydrogen-bond acceptors (Lipinski definition) is 3. The Morgan fingerprint density at radius 1 is 1.55 bits per heavy atom. The SMILES string of the molecule is CSc1cc(O)c(N)cc1Cl. The second-order valence-corrected chi connectivity index (χ2v) is 3.30. The summed E-state index contributed by atoms with van der Waals surface area (Å²) in [5.74, 6) is 0.0822. The van der Waals surface area contributed by atoms with E-state index in [1.165, 1.54) is 11.8 Å². The largest absolute Gasteiger partial charge is 0.506 e. The van der Waals surface area contributed by atoms with E-state index in [-0.39, 0.29) is 5.75 Å². The summed E-state index contributed by atoms with van der Waals surface area (Å²) in [5.41, 5.74) is 5.71. The molecule has 0 aliphatic heterocycles. The smallest absolute Gasteiger partial charge is 0.139 e. The summed E-state index contributed by atoms with van der Waals surface area (Å²) in [5, 5.41) is 9.74. The van der Waals surface area contributed by atoms with E-state index in [9.17, 15) is 0 Å². The highest BCUT2D eigenvalue weighted by Gasteiger charge is 2.03. The maximum Gasteiger partial charge on any atom is 0.139 e. The fraction of sp³-hybridized carbons (Fsp3) is 0.143. The molecule has 0 saturated carbocycles. The minimum atomic E-state index is 0.0822. The molecule has 2 nitrogen and oxygen atoms in total. The number of rotatable bonds is 1. The first-order valence-electron chi connectivity index (χ1n) is 2.97. The molecular weight excluding hydrogens is 182 g/mol. The van der Waals surface area contributed by atoms with E-state index < -0.39 is 0 Å². The van der Waals surface area contributed by atoms with Crippen LogP contribution in [0.5, 0.6) is 5.75 Å². The average Bonchev–Trinajstić information content (AvgIpc) is 1.97. The Bertz CT molecular complexity index is 277. The summed E-state index contributed by atoms with van der Waals surface area (Å²) in [4.78, 5) is 0.832. The molecule has 0 aromatic heterocycles. The molecule has 0 aliphatic carbocycles. The summed E-state index contributed by atoms with van der Waals surface area (Å²) in [6, 6.07) is 3.10. The number of nitrogens with two attached hydrogens (primary N) is 1. The van der Waals surface area contributed by atoms with Gasteiger partial charge in [0.05, 0.1) is 10.7 Å². The minimum Gasteiger partial charge on any atom is -0.506 e. The maximum absolute atomic E-state index is 9.16. The molecule has 0 saturated heterocycles. The van der Waals surface area contributed by atoms with E-state index in [1.54, 1.807) is 12.1 Å². The predicted octanol–water partition coefficient (Wildman–Crippen LogP) is 2.35. The highest BCUT2D eigenvalue weighted by Crippen LogP contribution is 2.33. The van der Waals surface area contributed by atoms with E-state index >= 15 is 0 Å². The Hall–Kier alpha value is -0.540. The van der Waals surface area contributed by atoms with Crippen LogP contribution >= 0.6 is 23.4 Å². The Kier molecular flexibility index (Phi) is 2.52. The summed E-state index contributed by atoms with van der Waals surface area (Å²) in [6.07, 6.45) is 1.89. The maximum atomic E-state index is 9.16. The molecule has 60 valence electrons.